The van der Waals surface area contributed by atoms with E-state index >= 15 is 0 Å². The fraction of sp³-hybridized carbons (Fsp3) is 0.560. The summed E-state index contributed by atoms with van der Waals surface area (Å²) in [6.07, 6.45) is 6.15. The number of nitrogens with zero attached hydrogens (tertiary/aromatic N) is 2. The molecule has 2 aromatic rings. The molecule has 0 atom stereocenters. The monoisotopic (exact) mass is 472 g/mol. The van der Waals surface area contributed by atoms with Gasteiger partial charge < -0.3 is 9.15 Å². The van der Waals surface area contributed by atoms with Crippen LogP contribution in [0.3, 0.4) is 0 Å². The van der Waals surface area contributed by atoms with E-state index in [-0.39, 0.29) is 17.1 Å². The quantitative estimate of drug-likeness (QED) is 0.586. The molecule has 178 valence electrons. The van der Waals surface area contributed by atoms with Crippen molar-refractivity contribution < 1.29 is 17.6 Å². The summed E-state index contributed by atoms with van der Waals surface area (Å²) < 4.78 is 38.3. The zero-order valence-electron chi connectivity index (χ0n) is 18.9. The summed E-state index contributed by atoms with van der Waals surface area (Å²) in [7, 11) is -3.15. The molecular formula is C25H32N2O5S. The lowest BCUT2D eigenvalue weighted by Crippen LogP contribution is -2.42. The third kappa shape index (κ3) is 5.34. The Bertz CT molecular complexity index is 1110. The van der Waals surface area contributed by atoms with Crippen molar-refractivity contribution in [2.45, 2.75) is 51.7 Å². The first-order chi connectivity index (χ1) is 16.0. The van der Waals surface area contributed by atoms with Crippen molar-refractivity contribution in [2.24, 2.45) is 11.8 Å². The van der Waals surface area contributed by atoms with Crippen LogP contribution in [0.4, 0.5) is 0 Å². The molecule has 3 heterocycles. The maximum atomic E-state index is 12.6. The Kier molecular flexibility index (Phi) is 6.58. The van der Waals surface area contributed by atoms with Gasteiger partial charge in [-0.1, -0.05) is 30.7 Å². The molecule has 0 unspecified atom stereocenters. The third-order valence-electron chi connectivity index (χ3n) is 7.25. The topological polar surface area (TPSA) is 80.1 Å². The molecule has 8 heteroatoms. The first-order valence-electron chi connectivity index (χ1n) is 12.0. The highest BCUT2D eigenvalue weighted by atomic mass is 32.2. The van der Waals surface area contributed by atoms with Gasteiger partial charge in [-0.15, -0.1) is 0 Å². The Hall–Kier alpha value is -2.16. The second-order valence-corrected chi connectivity index (χ2v) is 11.7. The van der Waals surface area contributed by atoms with Crippen LogP contribution < -0.4 is 10.2 Å². The number of hydrogen-bond donors (Lipinski definition) is 0. The van der Waals surface area contributed by atoms with Gasteiger partial charge in [-0.2, -0.15) is 0 Å². The van der Waals surface area contributed by atoms with Crippen LogP contribution in [0.15, 0.2) is 45.8 Å². The lowest BCUT2D eigenvalue weighted by Gasteiger charge is -2.33. The lowest BCUT2D eigenvalue weighted by atomic mass is 9.87. The molecule has 1 aromatic carbocycles. The van der Waals surface area contributed by atoms with Crippen molar-refractivity contribution >= 4 is 10.0 Å². The van der Waals surface area contributed by atoms with Crippen LogP contribution in [0.25, 0.3) is 0 Å². The molecule has 1 saturated heterocycles. The van der Waals surface area contributed by atoms with E-state index in [0.29, 0.717) is 43.7 Å². The molecule has 7 nitrogen and oxygen atoms in total. The average Bonchev–Trinajstić information content (AvgIpc) is 3.18. The molecule has 1 aliphatic carbocycles. The molecular weight excluding hydrogens is 440 g/mol. The summed E-state index contributed by atoms with van der Waals surface area (Å²) >= 11 is 0. The molecule has 0 N–H and O–H groups in total. The third-order valence-corrected chi connectivity index (χ3v) is 9.30. The highest BCUT2D eigenvalue weighted by Crippen LogP contribution is 2.30. The molecule has 1 aromatic heterocycles. The number of sulfonamides is 1. The minimum Gasteiger partial charge on any atom is -0.486 e. The largest absolute Gasteiger partial charge is 0.486 e. The zero-order valence-corrected chi connectivity index (χ0v) is 19.8. The van der Waals surface area contributed by atoms with Gasteiger partial charge in [0.05, 0.1) is 18.9 Å². The summed E-state index contributed by atoms with van der Waals surface area (Å²) in [5.41, 5.74) is 2.47. The van der Waals surface area contributed by atoms with Gasteiger partial charge in [0.15, 0.2) is 0 Å². The number of fused-ring (bicyclic) bond motifs is 1. The second-order valence-electron chi connectivity index (χ2n) is 9.72. The van der Waals surface area contributed by atoms with Crippen LogP contribution in [0.1, 0.15) is 49.0 Å². The fourth-order valence-electron chi connectivity index (χ4n) is 4.99. The van der Waals surface area contributed by atoms with Crippen LogP contribution >= 0.6 is 0 Å². The van der Waals surface area contributed by atoms with Gasteiger partial charge in [0.25, 0.3) is 0 Å². The number of rotatable bonds is 8. The van der Waals surface area contributed by atoms with Crippen LogP contribution in [0, 0.1) is 11.8 Å². The molecule has 3 aliphatic rings. The number of piperidine rings is 1. The van der Waals surface area contributed by atoms with Crippen molar-refractivity contribution in [1.29, 1.82) is 0 Å². The number of hydrogen-bond acceptors (Lipinski definition) is 6. The van der Waals surface area contributed by atoms with E-state index in [1.165, 1.54) is 23.5 Å². The molecule has 0 bridgehead atoms. The van der Waals surface area contributed by atoms with E-state index in [9.17, 15) is 13.2 Å². The first kappa shape index (κ1) is 22.6. The van der Waals surface area contributed by atoms with Gasteiger partial charge in [0, 0.05) is 32.2 Å². The molecule has 0 amide bonds. The van der Waals surface area contributed by atoms with E-state index in [1.54, 1.807) is 4.31 Å². The standard InChI is InChI=1S/C25H32N2O5S/c28-24-12-23(15-26-13-21-6-1-2-7-22(21)14-26)31-17-25(24)32-16-19-8-10-27(11-9-19)33(29,30)18-20-4-3-5-20/h1-2,6-7,12,17,19-20H,3-5,8-11,13-16,18H2. The van der Waals surface area contributed by atoms with Gasteiger partial charge in [-0.3, -0.25) is 9.69 Å². The SMILES string of the molecule is O=c1cc(CN2Cc3ccccc3C2)occ1OCC1CCN(S(=O)(=O)CC2CCC2)CC1. The second kappa shape index (κ2) is 9.60. The minimum atomic E-state index is -3.15. The molecule has 33 heavy (non-hydrogen) atoms. The zero-order chi connectivity index (χ0) is 22.8. The van der Waals surface area contributed by atoms with Crippen molar-refractivity contribution in [3.8, 4) is 5.75 Å². The summed E-state index contributed by atoms with van der Waals surface area (Å²) in [4.78, 5) is 14.8. The van der Waals surface area contributed by atoms with Gasteiger partial charge in [-0.25, -0.2) is 12.7 Å². The Morgan fingerprint density at radius 3 is 2.30 bits per heavy atom. The van der Waals surface area contributed by atoms with Crippen LogP contribution in [-0.4, -0.2) is 43.1 Å². The number of ether oxygens (including phenoxy) is 1. The van der Waals surface area contributed by atoms with E-state index in [2.05, 4.69) is 17.0 Å². The summed E-state index contributed by atoms with van der Waals surface area (Å²) in [6.45, 7) is 3.77. The minimum absolute atomic E-state index is 0.173. The molecule has 2 fully saturated rings. The van der Waals surface area contributed by atoms with Crippen LogP contribution in [0.2, 0.25) is 0 Å². The summed E-state index contributed by atoms with van der Waals surface area (Å²) in [5, 5.41) is 0. The van der Waals surface area contributed by atoms with Crippen molar-refractivity contribution in [3.63, 3.8) is 0 Å². The van der Waals surface area contributed by atoms with Crippen molar-refractivity contribution in [3.05, 3.63) is 63.7 Å². The Morgan fingerprint density at radius 1 is 1.00 bits per heavy atom. The maximum absolute atomic E-state index is 12.6. The van der Waals surface area contributed by atoms with E-state index < -0.39 is 10.0 Å². The Labute approximate surface area is 195 Å². The average molecular weight is 473 g/mol. The highest BCUT2D eigenvalue weighted by molar-refractivity contribution is 7.89. The van der Waals surface area contributed by atoms with Crippen LogP contribution in [-0.2, 0) is 29.7 Å². The smallest absolute Gasteiger partial charge is 0.227 e. The highest BCUT2D eigenvalue weighted by Gasteiger charge is 2.32. The molecule has 2 aliphatic heterocycles. The molecule has 0 spiro atoms. The molecule has 0 radical (unpaired) electrons. The Morgan fingerprint density at radius 2 is 1.70 bits per heavy atom. The van der Waals surface area contributed by atoms with Crippen LogP contribution in [0.5, 0.6) is 5.75 Å². The first-order valence-corrected chi connectivity index (χ1v) is 13.6. The Balaban J connectivity index is 1.09. The van der Waals surface area contributed by atoms with Crippen molar-refractivity contribution in [1.82, 2.24) is 9.21 Å². The van der Waals surface area contributed by atoms with Crippen molar-refractivity contribution in [2.75, 3.05) is 25.4 Å². The van der Waals surface area contributed by atoms with Gasteiger partial charge in [0.1, 0.15) is 12.0 Å². The predicted octanol–water partition coefficient (Wildman–Crippen LogP) is 3.38. The number of benzene rings is 1. The van der Waals surface area contributed by atoms with Gasteiger partial charge >= 0.3 is 0 Å². The molecule has 1 saturated carbocycles. The van der Waals surface area contributed by atoms with E-state index in [1.807, 2.05) is 12.1 Å². The van der Waals surface area contributed by atoms with Gasteiger partial charge in [-0.05, 0) is 48.6 Å². The van der Waals surface area contributed by atoms with E-state index in [4.69, 9.17) is 9.15 Å². The van der Waals surface area contributed by atoms with E-state index in [0.717, 1.165) is 45.2 Å². The summed E-state index contributed by atoms with van der Waals surface area (Å²) in [5.74, 6) is 1.74. The normalized spacial score (nSPS) is 20.5. The van der Waals surface area contributed by atoms with Gasteiger partial charge in [0.2, 0.25) is 21.2 Å². The maximum Gasteiger partial charge on any atom is 0.227 e. The lowest BCUT2D eigenvalue weighted by molar-refractivity contribution is 0.179. The summed E-state index contributed by atoms with van der Waals surface area (Å²) in [6, 6.07) is 9.89. The fourth-order valence-corrected chi connectivity index (χ4v) is 6.89. The predicted molar refractivity (Wildman–Crippen MR) is 125 cm³/mol. The molecule has 5 rings (SSSR count).